The Hall–Kier alpha value is -0.640. The van der Waals surface area contributed by atoms with E-state index in [4.69, 9.17) is 11.6 Å². The zero-order valence-corrected chi connectivity index (χ0v) is 12.1. The van der Waals surface area contributed by atoms with E-state index in [-0.39, 0.29) is 0 Å². The Morgan fingerprint density at radius 2 is 1.82 bits per heavy atom. The third kappa shape index (κ3) is 3.66. The van der Waals surface area contributed by atoms with Gasteiger partial charge in [-0.3, -0.25) is 4.21 Å². The van der Waals surface area contributed by atoms with E-state index < -0.39 is 10.8 Å². The lowest BCUT2D eigenvalue weighted by Gasteiger charge is -2.03. The Labute approximate surface area is 116 Å². The molecule has 2 aromatic rings. The van der Waals surface area contributed by atoms with Crippen molar-refractivity contribution in [2.75, 3.05) is 0 Å². The lowest BCUT2D eigenvalue weighted by atomic mass is 10.2. The van der Waals surface area contributed by atoms with Gasteiger partial charge in [-0.15, -0.1) is 0 Å². The summed E-state index contributed by atoms with van der Waals surface area (Å²) in [5.41, 5.74) is 0.985. The van der Waals surface area contributed by atoms with E-state index >= 15 is 0 Å². The molecule has 0 spiro atoms. The molecule has 88 valence electrons. The molecule has 0 aliphatic heterocycles. The second-order valence-electron chi connectivity index (χ2n) is 3.57. The van der Waals surface area contributed by atoms with Gasteiger partial charge < -0.3 is 0 Å². The molecule has 0 saturated carbocycles. The number of benzene rings is 2. The summed E-state index contributed by atoms with van der Waals surface area (Å²) in [6, 6.07) is 15.0. The Morgan fingerprint density at radius 3 is 2.47 bits per heavy atom. The highest BCUT2D eigenvalue weighted by molar-refractivity contribution is 9.10. The average Bonchev–Trinajstić information content (AvgIpc) is 2.29. The van der Waals surface area contributed by atoms with Crippen molar-refractivity contribution >= 4 is 38.3 Å². The van der Waals surface area contributed by atoms with Gasteiger partial charge >= 0.3 is 0 Å². The molecule has 0 N–H and O–H groups in total. The lowest BCUT2D eigenvalue weighted by Crippen LogP contribution is -1.96. The molecule has 1 nitrogen and oxygen atoms in total. The summed E-state index contributed by atoms with van der Waals surface area (Å²) in [6.45, 7) is 0. The fraction of sp³-hybridized carbons (Fsp3) is 0.0769. The molecule has 17 heavy (non-hydrogen) atoms. The highest BCUT2D eigenvalue weighted by atomic mass is 79.9. The first kappa shape index (κ1) is 12.8. The molecule has 0 aliphatic carbocycles. The molecule has 4 heteroatoms. The molecular formula is C13H10BrClOS. The molecule has 1 atom stereocenters. The Bertz CT molecular complexity index is 539. The molecule has 0 aliphatic rings. The summed E-state index contributed by atoms with van der Waals surface area (Å²) >= 11 is 9.24. The van der Waals surface area contributed by atoms with Crippen LogP contribution in [0.2, 0.25) is 5.02 Å². The first-order valence-corrected chi connectivity index (χ1v) is 7.52. The van der Waals surface area contributed by atoms with Gasteiger partial charge in [0.05, 0.1) is 16.6 Å². The minimum atomic E-state index is -1.03. The van der Waals surface area contributed by atoms with Crippen LogP contribution >= 0.6 is 27.5 Å². The predicted molar refractivity (Wildman–Crippen MR) is 75.7 cm³/mol. The average molecular weight is 330 g/mol. The van der Waals surface area contributed by atoms with Crippen LogP contribution in [0.15, 0.2) is 57.9 Å². The molecule has 0 bridgehead atoms. The molecular weight excluding hydrogens is 320 g/mol. The fourth-order valence-corrected chi connectivity index (χ4v) is 3.01. The summed E-state index contributed by atoms with van der Waals surface area (Å²) < 4.78 is 13.1. The Balaban J connectivity index is 2.14. The van der Waals surface area contributed by atoms with Crippen molar-refractivity contribution < 1.29 is 4.21 Å². The van der Waals surface area contributed by atoms with Crippen LogP contribution in [0.4, 0.5) is 0 Å². The first-order valence-electron chi connectivity index (χ1n) is 5.03. The van der Waals surface area contributed by atoms with Gasteiger partial charge in [-0.1, -0.05) is 39.7 Å². The van der Waals surface area contributed by atoms with Crippen molar-refractivity contribution in [2.45, 2.75) is 10.6 Å². The maximum Gasteiger partial charge on any atom is 0.0574 e. The largest absolute Gasteiger partial charge is 0.254 e. The van der Waals surface area contributed by atoms with Gasteiger partial charge in [-0.25, -0.2) is 0 Å². The van der Waals surface area contributed by atoms with Crippen LogP contribution < -0.4 is 0 Å². The van der Waals surface area contributed by atoms with Gasteiger partial charge in [0.15, 0.2) is 0 Å². The smallest absolute Gasteiger partial charge is 0.0574 e. The van der Waals surface area contributed by atoms with Gasteiger partial charge in [0, 0.05) is 14.4 Å². The molecule has 0 fully saturated rings. The van der Waals surface area contributed by atoms with Gasteiger partial charge in [-0.2, -0.15) is 0 Å². The predicted octanol–water partition coefficient (Wildman–Crippen LogP) is 4.41. The van der Waals surface area contributed by atoms with E-state index in [9.17, 15) is 4.21 Å². The lowest BCUT2D eigenvalue weighted by molar-refractivity contribution is 0.682. The second-order valence-corrected chi connectivity index (χ2v) is 6.38. The van der Waals surface area contributed by atoms with Crippen molar-refractivity contribution in [3.05, 3.63) is 63.6 Å². The standard InChI is InChI=1S/C13H10BrClOS/c14-11-4-6-13(7-5-11)17(16)9-10-2-1-3-12(15)8-10/h1-8H,9H2. The Morgan fingerprint density at radius 1 is 1.12 bits per heavy atom. The fourth-order valence-electron chi connectivity index (χ4n) is 1.45. The van der Waals surface area contributed by atoms with Crippen molar-refractivity contribution in [1.29, 1.82) is 0 Å². The van der Waals surface area contributed by atoms with Crippen LogP contribution in [0.5, 0.6) is 0 Å². The van der Waals surface area contributed by atoms with E-state index in [0.29, 0.717) is 10.8 Å². The summed E-state index contributed by atoms with van der Waals surface area (Å²) in [5.74, 6) is 0.488. The van der Waals surface area contributed by atoms with Crippen LogP contribution in [-0.2, 0) is 16.6 Å². The maximum atomic E-state index is 12.1. The molecule has 0 amide bonds. The first-order chi connectivity index (χ1) is 8.15. The van der Waals surface area contributed by atoms with Crippen molar-refractivity contribution in [1.82, 2.24) is 0 Å². The quantitative estimate of drug-likeness (QED) is 0.815. The number of halogens is 2. The van der Waals surface area contributed by atoms with Gasteiger partial charge in [-0.05, 0) is 42.0 Å². The van der Waals surface area contributed by atoms with Crippen LogP contribution in [0.1, 0.15) is 5.56 Å². The van der Waals surface area contributed by atoms with E-state index in [2.05, 4.69) is 15.9 Å². The van der Waals surface area contributed by atoms with E-state index in [0.717, 1.165) is 14.9 Å². The van der Waals surface area contributed by atoms with Gasteiger partial charge in [0.2, 0.25) is 0 Å². The number of hydrogen-bond donors (Lipinski definition) is 0. The van der Waals surface area contributed by atoms with Crippen molar-refractivity contribution in [2.24, 2.45) is 0 Å². The zero-order valence-electron chi connectivity index (χ0n) is 8.90. The highest BCUT2D eigenvalue weighted by Crippen LogP contribution is 2.18. The minimum Gasteiger partial charge on any atom is -0.254 e. The van der Waals surface area contributed by atoms with Crippen molar-refractivity contribution in [3.8, 4) is 0 Å². The Kier molecular flexibility index (Phi) is 4.37. The van der Waals surface area contributed by atoms with Crippen LogP contribution in [0.25, 0.3) is 0 Å². The second kappa shape index (κ2) is 5.80. The maximum absolute atomic E-state index is 12.1. The third-order valence-corrected chi connectivity index (χ3v) is 4.42. The minimum absolute atomic E-state index is 0.488. The van der Waals surface area contributed by atoms with Gasteiger partial charge in [0.1, 0.15) is 0 Å². The van der Waals surface area contributed by atoms with Crippen LogP contribution in [0.3, 0.4) is 0 Å². The number of hydrogen-bond acceptors (Lipinski definition) is 1. The van der Waals surface area contributed by atoms with Gasteiger partial charge in [0.25, 0.3) is 0 Å². The van der Waals surface area contributed by atoms with E-state index in [1.165, 1.54) is 0 Å². The normalized spacial score (nSPS) is 12.4. The summed E-state index contributed by atoms with van der Waals surface area (Å²) in [4.78, 5) is 0.827. The number of rotatable bonds is 3. The SMILES string of the molecule is O=S(Cc1cccc(Cl)c1)c1ccc(Br)cc1. The molecule has 0 radical (unpaired) electrons. The monoisotopic (exact) mass is 328 g/mol. The summed E-state index contributed by atoms with van der Waals surface area (Å²) in [5, 5.41) is 0.676. The highest BCUT2D eigenvalue weighted by Gasteiger charge is 2.05. The summed E-state index contributed by atoms with van der Waals surface area (Å²) in [6.07, 6.45) is 0. The van der Waals surface area contributed by atoms with Crippen LogP contribution in [-0.4, -0.2) is 4.21 Å². The topological polar surface area (TPSA) is 17.1 Å². The molecule has 1 unspecified atom stereocenters. The molecule has 2 aromatic carbocycles. The molecule has 0 saturated heterocycles. The van der Waals surface area contributed by atoms with E-state index in [1.807, 2.05) is 48.5 Å². The molecule has 0 heterocycles. The molecule has 2 rings (SSSR count). The van der Waals surface area contributed by atoms with E-state index in [1.54, 1.807) is 0 Å². The third-order valence-electron chi connectivity index (χ3n) is 2.26. The van der Waals surface area contributed by atoms with Crippen molar-refractivity contribution in [3.63, 3.8) is 0 Å². The molecule has 0 aromatic heterocycles. The van der Waals surface area contributed by atoms with Crippen LogP contribution in [0, 0.1) is 0 Å². The zero-order chi connectivity index (χ0) is 12.3. The summed E-state index contributed by atoms with van der Waals surface area (Å²) in [7, 11) is -1.03.